The summed E-state index contributed by atoms with van der Waals surface area (Å²) in [7, 11) is 1.68. The highest BCUT2D eigenvalue weighted by Gasteiger charge is 2.30. The van der Waals surface area contributed by atoms with Gasteiger partial charge in [-0.25, -0.2) is 9.78 Å². The molecule has 0 saturated heterocycles. The molecule has 0 N–H and O–H groups in total. The Morgan fingerprint density at radius 2 is 1.80 bits per heavy atom. The van der Waals surface area contributed by atoms with Gasteiger partial charge in [0.15, 0.2) is 10.8 Å². The Morgan fingerprint density at radius 1 is 1.13 bits per heavy atom. The quantitative estimate of drug-likeness (QED) is 0.501. The van der Waals surface area contributed by atoms with Crippen LogP contribution in [0, 0.1) is 5.92 Å². The van der Waals surface area contributed by atoms with Gasteiger partial charge >= 0.3 is 6.09 Å². The van der Waals surface area contributed by atoms with E-state index in [2.05, 4.69) is 4.98 Å². The average Bonchev–Trinajstić information content (AvgIpc) is 3.13. The summed E-state index contributed by atoms with van der Waals surface area (Å²) in [6, 6.07) is 9.64. The average molecular weight is 433 g/mol. The Labute approximate surface area is 183 Å². The molecule has 1 atom stereocenters. The van der Waals surface area contributed by atoms with Crippen molar-refractivity contribution in [1.29, 1.82) is 0 Å². The van der Waals surface area contributed by atoms with Gasteiger partial charge in [-0.3, -0.25) is 4.79 Å². The van der Waals surface area contributed by atoms with Crippen LogP contribution in [0.2, 0.25) is 0 Å². The molecule has 0 spiro atoms. The van der Waals surface area contributed by atoms with Crippen molar-refractivity contribution >= 4 is 23.2 Å². The van der Waals surface area contributed by atoms with Crippen molar-refractivity contribution in [1.82, 2.24) is 9.88 Å². The van der Waals surface area contributed by atoms with E-state index in [9.17, 15) is 9.59 Å². The van der Waals surface area contributed by atoms with Crippen molar-refractivity contribution in [3.05, 3.63) is 52.0 Å². The highest BCUT2D eigenvalue weighted by atomic mass is 32.1. The molecule has 0 aliphatic rings. The third-order valence-electron chi connectivity index (χ3n) is 4.49. The molecule has 6 nitrogen and oxygen atoms in total. The first-order valence-electron chi connectivity index (χ1n) is 10.1. The van der Waals surface area contributed by atoms with Crippen LogP contribution in [0.3, 0.4) is 0 Å². The summed E-state index contributed by atoms with van der Waals surface area (Å²) in [4.78, 5) is 31.2. The topological polar surface area (TPSA) is 68.7 Å². The van der Waals surface area contributed by atoms with Crippen molar-refractivity contribution in [3.8, 4) is 0 Å². The second kappa shape index (κ2) is 10.7. The van der Waals surface area contributed by atoms with E-state index in [-0.39, 0.29) is 24.2 Å². The Kier molecular flexibility index (Phi) is 8.55. The lowest BCUT2D eigenvalue weighted by atomic mass is 9.97. The third kappa shape index (κ3) is 7.54. The molecule has 0 aliphatic carbocycles. The fraction of sp³-hybridized carbons (Fsp3) is 0.522. The number of ketones is 1. The summed E-state index contributed by atoms with van der Waals surface area (Å²) >= 11 is 1.31. The SMILES string of the molecule is CC(C)[C@@H](CC(=O)c1nc(COCc2ccccc2)cs1)N(C)C(=O)OC(C)(C)C. The minimum absolute atomic E-state index is 0.0802. The normalized spacial score (nSPS) is 12.6. The number of hydrogen-bond donors (Lipinski definition) is 0. The van der Waals surface area contributed by atoms with Crippen molar-refractivity contribution < 1.29 is 19.1 Å². The van der Waals surface area contributed by atoms with Crippen LogP contribution in [0.15, 0.2) is 35.7 Å². The molecule has 0 fully saturated rings. The molecular formula is C23H32N2O4S. The lowest BCUT2D eigenvalue weighted by Crippen LogP contribution is -2.44. The number of carbonyl (C=O) groups excluding carboxylic acids is 2. The summed E-state index contributed by atoms with van der Waals surface area (Å²) in [5.74, 6) is 0.0172. The molecule has 30 heavy (non-hydrogen) atoms. The summed E-state index contributed by atoms with van der Waals surface area (Å²) < 4.78 is 11.1. The molecule has 0 unspecified atom stereocenters. The van der Waals surface area contributed by atoms with Gasteiger partial charge in [0.25, 0.3) is 0 Å². The van der Waals surface area contributed by atoms with Crippen LogP contribution in [0.1, 0.15) is 62.1 Å². The maximum Gasteiger partial charge on any atom is 0.410 e. The van der Waals surface area contributed by atoms with Crippen molar-refractivity contribution in [3.63, 3.8) is 0 Å². The monoisotopic (exact) mass is 432 g/mol. The Hall–Kier alpha value is -2.25. The van der Waals surface area contributed by atoms with Crippen LogP contribution in [-0.2, 0) is 22.7 Å². The standard InChI is InChI=1S/C23H32N2O4S/c1-16(2)19(25(6)22(27)29-23(3,4)5)12-20(26)21-24-18(15-30-21)14-28-13-17-10-8-7-9-11-17/h7-11,15-16,19H,12-14H2,1-6H3/t19-/m1/s1. The molecule has 1 aromatic heterocycles. The molecular weight excluding hydrogens is 400 g/mol. The van der Waals surface area contributed by atoms with Gasteiger partial charge in [0.05, 0.1) is 18.9 Å². The van der Waals surface area contributed by atoms with Gasteiger partial charge in [0.1, 0.15) is 5.60 Å². The first kappa shape index (κ1) is 24.0. The van der Waals surface area contributed by atoms with Gasteiger partial charge < -0.3 is 14.4 Å². The zero-order valence-corrected chi connectivity index (χ0v) is 19.5. The lowest BCUT2D eigenvalue weighted by Gasteiger charge is -2.32. The maximum absolute atomic E-state index is 12.8. The van der Waals surface area contributed by atoms with E-state index in [0.29, 0.717) is 18.2 Å². The first-order valence-corrected chi connectivity index (χ1v) is 11.0. The molecule has 1 amide bonds. The van der Waals surface area contributed by atoms with E-state index in [1.807, 2.05) is 70.3 Å². The van der Waals surface area contributed by atoms with Crippen molar-refractivity contribution in [2.45, 2.75) is 65.9 Å². The number of carbonyl (C=O) groups is 2. The van der Waals surface area contributed by atoms with Gasteiger partial charge in [-0.2, -0.15) is 0 Å². The zero-order valence-electron chi connectivity index (χ0n) is 18.7. The van der Waals surface area contributed by atoms with Crippen LogP contribution in [0.5, 0.6) is 0 Å². The minimum atomic E-state index is -0.582. The van der Waals surface area contributed by atoms with E-state index in [0.717, 1.165) is 11.3 Å². The summed E-state index contributed by atoms with van der Waals surface area (Å²) in [5.41, 5.74) is 1.25. The van der Waals surface area contributed by atoms with E-state index in [1.165, 1.54) is 16.2 Å². The van der Waals surface area contributed by atoms with Crippen molar-refractivity contribution in [2.75, 3.05) is 7.05 Å². The molecule has 1 heterocycles. The van der Waals surface area contributed by atoms with Crippen LogP contribution < -0.4 is 0 Å². The Bertz CT molecular complexity index is 827. The molecule has 2 aromatic rings. The van der Waals surface area contributed by atoms with Crippen LogP contribution in [0.25, 0.3) is 0 Å². The molecule has 7 heteroatoms. The molecule has 0 radical (unpaired) electrons. The molecule has 0 aliphatic heterocycles. The molecule has 0 saturated carbocycles. The van der Waals surface area contributed by atoms with Crippen LogP contribution in [-0.4, -0.2) is 40.5 Å². The molecule has 164 valence electrons. The number of amides is 1. The van der Waals surface area contributed by atoms with Crippen LogP contribution in [0.4, 0.5) is 4.79 Å². The Balaban J connectivity index is 1.93. The Morgan fingerprint density at radius 3 is 2.40 bits per heavy atom. The molecule has 1 aromatic carbocycles. The van der Waals surface area contributed by atoms with E-state index < -0.39 is 11.7 Å². The van der Waals surface area contributed by atoms with Gasteiger partial charge in [-0.1, -0.05) is 44.2 Å². The highest BCUT2D eigenvalue weighted by molar-refractivity contribution is 7.11. The first-order chi connectivity index (χ1) is 14.1. The maximum atomic E-state index is 12.8. The zero-order chi connectivity index (χ0) is 22.3. The number of aromatic nitrogens is 1. The number of rotatable bonds is 9. The van der Waals surface area contributed by atoms with E-state index >= 15 is 0 Å². The molecule has 0 bridgehead atoms. The smallest absolute Gasteiger partial charge is 0.410 e. The van der Waals surface area contributed by atoms with Crippen molar-refractivity contribution in [2.24, 2.45) is 5.92 Å². The lowest BCUT2D eigenvalue weighted by molar-refractivity contribution is 0.0173. The van der Waals surface area contributed by atoms with Gasteiger partial charge in [-0.15, -0.1) is 11.3 Å². The fourth-order valence-corrected chi connectivity index (χ4v) is 3.67. The van der Waals surface area contributed by atoms with Gasteiger partial charge in [0.2, 0.25) is 0 Å². The number of thiazole rings is 1. The molecule has 2 rings (SSSR count). The van der Waals surface area contributed by atoms with E-state index in [1.54, 1.807) is 7.05 Å². The third-order valence-corrected chi connectivity index (χ3v) is 5.43. The number of benzene rings is 1. The number of hydrogen-bond acceptors (Lipinski definition) is 6. The fourth-order valence-electron chi connectivity index (χ4n) is 2.92. The van der Waals surface area contributed by atoms with E-state index in [4.69, 9.17) is 9.47 Å². The second-order valence-electron chi connectivity index (χ2n) is 8.65. The van der Waals surface area contributed by atoms with Gasteiger partial charge in [0, 0.05) is 24.9 Å². The van der Waals surface area contributed by atoms with Gasteiger partial charge in [-0.05, 0) is 32.3 Å². The summed E-state index contributed by atoms with van der Waals surface area (Å²) in [6.45, 7) is 10.3. The predicted molar refractivity (Wildman–Crippen MR) is 119 cm³/mol. The largest absolute Gasteiger partial charge is 0.444 e. The second-order valence-corrected chi connectivity index (χ2v) is 9.51. The van der Waals surface area contributed by atoms with Crippen LogP contribution >= 0.6 is 11.3 Å². The number of ether oxygens (including phenoxy) is 2. The minimum Gasteiger partial charge on any atom is -0.444 e. The summed E-state index contributed by atoms with van der Waals surface area (Å²) in [5, 5.41) is 2.29. The number of Topliss-reactive ketones (excluding diaryl/α,β-unsaturated/α-hetero) is 1. The summed E-state index contributed by atoms with van der Waals surface area (Å²) in [6.07, 6.45) is -0.228. The predicted octanol–water partition coefficient (Wildman–Crippen LogP) is 5.32. The number of nitrogens with zero attached hydrogens (tertiary/aromatic N) is 2. The highest BCUT2D eigenvalue weighted by Crippen LogP contribution is 2.21.